The molecule has 0 amide bonds. The van der Waals surface area contributed by atoms with Crippen LogP contribution in [-0.2, 0) is 0 Å². The van der Waals surface area contributed by atoms with Gasteiger partial charge in [-0.2, -0.15) is 0 Å². The van der Waals surface area contributed by atoms with Crippen LogP contribution in [0.25, 0.3) is 10.9 Å². The van der Waals surface area contributed by atoms with Crippen molar-refractivity contribution >= 4 is 22.5 Å². The van der Waals surface area contributed by atoms with Crippen LogP contribution in [0.3, 0.4) is 0 Å². The Hall–Kier alpha value is -1.28. The van der Waals surface area contributed by atoms with E-state index in [4.69, 9.17) is 16.3 Å². The van der Waals surface area contributed by atoms with Gasteiger partial charge in [0.25, 0.3) is 0 Å². The lowest BCUT2D eigenvalue weighted by Crippen LogP contribution is -1.88. The summed E-state index contributed by atoms with van der Waals surface area (Å²) in [6, 6.07) is 5.66. The first kappa shape index (κ1) is 9.28. The molecule has 0 aliphatic carbocycles. The van der Waals surface area contributed by atoms with Gasteiger partial charge in [-0.1, -0.05) is 11.6 Å². The standard InChI is InChI=1S/C11H10ClNO/c1-7-5-8-9(12)3-4-10(14-2)11(8)13-6-7/h3-6H,1-2H3. The highest BCUT2D eigenvalue weighted by molar-refractivity contribution is 6.35. The molecular weight excluding hydrogens is 198 g/mol. The molecule has 0 bridgehead atoms. The molecule has 3 heteroatoms. The molecule has 0 spiro atoms. The van der Waals surface area contributed by atoms with Crippen molar-refractivity contribution in [1.29, 1.82) is 0 Å². The summed E-state index contributed by atoms with van der Waals surface area (Å²) >= 11 is 6.06. The van der Waals surface area contributed by atoms with E-state index in [1.165, 1.54) is 0 Å². The molecule has 1 aromatic heterocycles. The SMILES string of the molecule is COc1ccc(Cl)c2cc(C)cnc12. The lowest BCUT2D eigenvalue weighted by molar-refractivity contribution is 0.419. The average Bonchev–Trinajstić information content (AvgIpc) is 2.19. The molecule has 2 nitrogen and oxygen atoms in total. The van der Waals surface area contributed by atoms with Gasteiger partial charge >= 0.3 is 0 Å². The van der Waals surface area contributed by atoms with Crippen molar-refractivity contribution in [3.8, 4) is 5.75 Å². The minimum Gasteiger partial charge on any atom is -0.494 e. The van der Waals surface area contributed by atoms with Crippen LogP contribution in [0.2, 0.25) is 5.02 Å². The summed E-state index contributed by atoms with van der Waals surface area (Å²) in [6.45, 7) is 1.99. The lowest BCUT2D eigenvalue weighted by Gasteiger charge is -2.06. The summed E-state index contributed by atoms with van der Waals surface area (Å²) in [5.41, 5.74) is 1.90. The van der Waals surface area contributed by atoms with Crippen molar-refractivity contribution in [3.05, 3.63) is 35.0 Å². The number of aryl methyl sites for hydroxylation is 1. The van der Waals surface area contributed by atoms with E-state index in [2.05, 4.69) is 4.98 Å². The monoisotopic (exact) mass is 207 g/mol. The number of methoxy groups -OCH3 is 1. The van der Waals surface area contributed by atoms with Gasteiger partial charge in [0.1, 0.15) is 11.3 Å². The van der Waals surface area contributed by atoms with Crippen LogP contribution in [0.15, 0.2) is 24.4 Å². The first-order valence-electron chi connectivity index (χ1n) is 4.31. The molecule has 1 heterocycles. The quantitative estimate of drug-likeness (QED) is 0.717. The summed E-state index contributed by atoms with van der Waals surface area (Å²) in [5.74, 6) is 0.754. The third-order valence-corrected chi connectivity index (χ3v) is 2.45. The first-order chi connectivity index (χ1) is 6.72. The van der Waals surface area contributed by atoms with Gasteiger partial charge in [-0.15, -0.1) is 0 Å². The van der Waals surface area contributed by atoms with Crippen molar-refractivity contribution in [1.82, 2.24) is 4.98 Å². The van der Waals surface area contributed by atoms with Crippen molar-refractivity contribution in [2.45, 2.75) is 6.92 Å². The molecule has 0 radical (unpaired) electrons. The predicted octanol–water partition coefficient (Wildman–Crippen LogP) is 3.21. The molecule has 0 saturated heterocycles. The van der Waals surface area contributed by atoms with Gasteiger partial charge in [0.05, 0.1) is 12.1 Å². The number of aromatic nitrogens is 1. The number of halogens is 1. The Labute approximate surface area is 87.5 Å². The van der Waals surface area contributed by atoms with E-state index in [9.17, 15) is 0 Å². The fraction of sp³-hybridized carbons (Fsp3) is 0.182. The molecule has 2 rings (SSSR count). The minimum atomic E-state index is 0.706. The second-order valence-electron chi connectivity index (χ2n) is 3.16. The van der Waals surface area contributed by atoms with Crippen LogP contribution in [0.1, 0.15) is 5.56 Å². The second-order valence-corrected chi connectivity index (χ2v) is 3.57. The zero-order valence-corrected chi connectivity index (χ0v) is 8.80. The maximum atomic E-state index is 6.06. The molecule has 0 unspecified atom stereocenters. The maximum absolute atomic E-state index is 6.06. The van der Waals surface area contributed by atoms with E-state index in [1.54, 1.807) is 13.3 Å². The molecular formula is C11H10ClNO. The van der Waals surface area contributed by atoms with Gasteiger partial charge in [-0.05, 0) is 30.7 Å². The number of hydrogen-bond donors (Lipinski definition) is 0. The van der Waals surface area contributed by atoms with Crippen LogP contribution < -0.4 is 4.74 Å². The van der Waals surface area contributed by atoms with Gasteiger partial charge in [0.15, 0.2) is 0 Å². The van der Waals surface area contributed by atoms with Crippen LogP contribution in [0.4, 0.5) is 0 Å². The number of benzene rings is 1. The Morgan fingerprint density at radius 2 is 2.14 bits per heavy atom. The topological polar surface area (TPSA) is 22.1 Å². The Morgan fingerprint density at radius 3 is 2.86 bits per heavy atom. The number of hydrogen-bond acceptors (Lipinski definition) is 2. The average molecular weight is 208 g/mol. The smallest absolute Gasteiger partial charge is 0.145 e. The van der Waals surface area contributed by atoms with Crippen LogP contribution in [-0.4, -0.2) is 12.1 Å². The van der Waals surface area contributed by atoms with Crippen molar-refractivity contribution in [3.63, 3.8) is 0 Å². The fourth-order valence-corrected chi connectivity index (χ4v) is 1.64. The normalized spacial score (nSPS) is 10.5. The molecule has 1 aromatic carbocycles. The minimum absolute atomic E-state index is 0.706. The van der Waals surface area contributed by atoms with Crippen molar-refractivity contribution in [2.75, 3.05) is 7.11 Å². The highest BCUT2D eigenvalue weighted by Gasteiger charge is 2.05. The summed E-state index contributed by atoms with van der Waals surface area (Å²) in [4.78, 5) is 4.30. The zero-order chi connectivity index (χ0) is 10.1. The number of rotatable bonds is 1. The fourth-order valence-electron chi connectivity index (χ4n) is 1.43. The van der Waals surface area contributed by atoms with E-state index in [0.29, 0.717) is 5.02 Å². The molecule has 14 heavy (non-hydrogen) atoms. The third-order valence-electron chi connectivity index (χ3n) is 2.12. The van der Waals surface area contributed by atoms with Gasteiger partial charge in [0.2, 0.25) is 0 Å². The molecule has 0 fully saturated rings. The molecule has 0 aliphatic rings. The van der Waals surface area contributed by atoms with E-state index in [1.807, 2.05) is 25.1 Å². The molecule has 2 aromatic rings. The second kappa shape index (κ2) is 3.46. The molecule has 0 saturated carbocycles. The van der Waals surface area contributed by atoms with Crippen LogP contribution >= 0.6 is 11.6 Å². The molecule has 0 atom stereocenters. The largest absolute Gasteiger partial charge is 0.494 e. The predicted molar refractivity (Wildman–Crippen MR) is 58.0 cm³/mol. The van der Waals surface area contributed by atoms with Gasteiger partial charge in [-0.3, -0.25) is 4.98 Å². The summed E-state index contributed by atoms with van der Waals surface area (Å²) < 4.78 is 5.20. The van der Waals surface area contributed by atoms with E-state index >= 15 is 0 Å². The molecule has 0 aliphatic heterocycles. The number of fused-ring (bicyclic) bond motifs is 1. The van der Waals surface area contributed by atoms with Crippen LogP contribution in [0.5, 0.6) is 5.75 Å². The summed E-state index contributed by atoms with van der Waals surface area (Å²) in [5, 5.41) is 1.64. The number of nitrogens with zero attached hydrogens (tertiary/aromatic N) is 1. The van der Waals surface area contributed by atoms with Gasteiger partial charge in [-0.25, -0.2) is 0 Å². The van der Waals surface area contributed by atoms with E-state index in [0.717, 1.165) is 22.2 Å². The third kappa shape index (κ3) is 1.42. The zero-order valence-electron chi connectivity index (χ0n) is 8.04. The first-order valence-corrected chi connectivity index (χ1v) is 4.69. The highest BCUT2D eigenvalue weighted by atomic mass is 35.5. The Balaban J connectivity index is 2.84. The van der Waals surface area contributed by atoms with E-state index in [-0.39, 0.29) is 0 Å². The Morgan fingerprint density at radius 1 is 1.36 bits per heavy atom. The van der Waals surface area contributed by atoms with Crippen molar-refractivity contribution in [2.24, 2.45) is 0 Å². The number of ether oxygens (including phenoxy) is 1. The molecule has 0 N–H and O–H groups in total. The van der Waals surface area contributed by atoms with Gasteiger partial charge in [0, 0.05) is 11.6 Å². The lowest BCUT2D eigenvalue weighted by atomic mass is 10.1. The summed E-state index contributed by atoms with van der Waals surface area (Å²) in [7, 11) is 1.63. The maximum Gasteiger partial charge on any atom is 0.145 e. The number of pyridine rings is 1. The summed E-state index contributed by atoms with van der Waals surface area (Å²) in [6.07, 6.45) is 1.81. The van der Waals surface area contributed by atoms with Gasteiger partial charge < -0.3 is 4.74 Å². The molecule has 72 valence electrons. The highest BCUT2D eigenvalue weighted by Crippen LogP contribution is 2.29. The van der Waals surface area contributed by atoms with Crippen molar-refractivity contribution < 1.29 is 4.74 Å². The Bertz CT molecular complexity index is 482. The Kier molecular flexibility index (Phi) is 2.30. The van der Waals surface area contributed by atoms with Crippen LogP contribution in [0, 0.1) is 6.92 Å². The van der Waals surface area contributed by atoms with E-state index < -0.39 is 0 Å².